The Labute approximate surface area is 152 Å². The van der Waals surface area contributed by atoms with Crippen LogP contribution in [-0.4, -0.2) is 33.4 Å². The van der Waals surface area contributed by atoms with Crippen LogP contribution < -0.4 is 15.6 Å². The number of fused-ring (bicyclic) bond motifs is 1. The Morgan fingerprint density at radius 1 is 1.40 bits per heavy atom. The molecule has 1 aromatic carbocycles. The number of hydrogen-bond acceptors (Lipinski definition) is 7. The van der Waals surface area contributed by atoms with Crippen molar-refractivity contribution in [3.63, 3.8) is 0 Å². The van der Waals surface area contributed by atoms with Gasteiger partial charge in [-0.15, -0.1) is 11.8 Å². The number of carbonyl (C=O) groups is 1. The van der Waals surface area contributed by atoms with Crippen molar-refractivity contribution < 1.29 is 9.53 Å². The SMILES string of the molecule is COc1ccccc1NC(=O)CSCc1cc(=O)n2nc(C)sc2n1. The van der Waals surface area contributed by atoms with Gasteiger partial charge in [0.2, 0.25) is 10.9 Å². The summed E-state index contributed by atoms with van der Waals surface area (Å²) in [5, 5.41) is 7.70. The highest BCUT2D eigenvalue weighted by atomic mass is 32.2. The number of para-hydroxylation sites is 2. The first-order chi connectivity index (χ1) is 12.1. The Kier molecular flexibility index (Phi) is 5.34. The number of aromatic nitrogens is 3. The fraction of sp³-hybridized carbons (Fsp3) is 0.250. The van der Waals surface area contributed by atoms with E-state index in [-0.39, 0.29) is 17.2 Å². The number of aryl methyl sites for hydroxylation is 1. The van der Waals surface area contributed by atoms with Crippen molar-refractivity contribution in [2.75, 3.05) is 18.2 Å². The summed E-state index contributed by atoms with van der Waals surface area (Å²) in [5.41, 5.74) is 1.07. The molecule has 0 aliphatic carbocycles. The Bertz CT molecular complexity index is 967. The molecule has 0 fully saturated rings. The smallest absolute Gasteiger partial charge is 0.275 e. The molecule has 3 rings (SSSR count). The lowest BCUT2D eigenvalue weighted by Crippen LogP contribution is -2.16. The van der Waals surface area contributed by atoms with E-state index >= 15 is 0 Å². The molecule has 1 N–H and O–H groups in total. The second-order valence-corrected chi connectivity index (χ2v) is 7.29. The van der Waals surface area contributed by atoms with Gasteiger partial charge in [-0.3, -0.25) is 9.59 Å². The molecule has 0 unspecified atom stereocenters. The van der Waals surface area contributed by atoms with Crippen LogP contribution in [0.15, 0.2) is 35.1 Å². The molecule has 3 aromatic rings. The highest BCUT2D eigenvalue weighted by molar-refractivity contribution is 7.99. The third-order valence-corrected chi connectivity index (χ3v) is 5.05. The van der Waals surface area contributed by atoms with E-state index in [1.165, 1.54) is 33.7 Å². The molecule has 130 valence electrons. The molecule has 2 aromatic heterocycles. The molecule has 9 heteroatoms. The Hall–Kier alpha value is -2.39. The second-order valence-electron chi connectivity index (χ2n) is 5.14. The number of amides is 1. The monoisotopic (exact) mass is 376 g/mol. The number of methoxy groups -OCH3 is 1. The van der Waals surface area contributed by atoms with E-state index in [2.05, 4.69) is 15.4 Å². The third-order valence-electron chi connectivity index (χ3n) is 3.26. The summed E-state index contributed by atoms with van der Waals surface area (Å²) in [7, 11) is 1.56. The first kappa shape index (κ1) is 17.4. The minimum Gasteiger partial charge on any atom is -0.495 e. The molecular formula is C16H16N4O3S2. The predicted octanol–water partition coefficient (Wildman–Crippen LogP) is 2.34. The summed E-state index contributed by atoms with van der Waals surface area (Å²) in [6.45, 7) is 1.83. The largest absolute Gasteiger partial charge is 0.495 e. The maximum absolute atomic E-state index is 12.1. The average molecular weight is 376 g/mol. The number of nitrogens with one attached hydrogen (secondary N) is 1. The van der Waals surface area contributed by atoms with E-state index in [0.717, 1.165) is 5.01 Å². The Morgan fingerprint density at radius 2 is 2.20 bits per heavy atom. The van der Waals surface area contributed by atoms with Crippen LogP contribution in [0.25, 0.3) is 4.96 Å². The standard InChI is InChI=1S/C16H16N4O3S2/c1-10-19-20-15(22)7-11(17-16(20)25-10)8-24-9-14(21)18-12-5-3-4-6-13(12)23-2/h3-7H,8-9H2,1-2H3,(H,18,21). The van der Waals surface area contributed by atoms with Gasteiger partial charge in [0, 0.05) is 11.8 Å². The van der Waals surface area contributed by atoms with Crippen LogP contribution in [0.4, 0.5) is 5.69 Å². The highest BCUT2D eigenvalue weighted by Crippen LogP contribution is 2.23. The average Bonchev–Trinajstić information content (AvgIpc) is 2.96. The minimum absolute atomic E-state index is 0.138. The predicted molar refractivity (Wildman–Crippen MR) is 99.7 cm³/mol. The van der Waals surface area contributed by atoms with Gasteiger partial charge in [0.25, 0.3) is 5.56 Å². The molecule has 0 saturated carbocycles. The molecule has 2 heterocycles. The van der Waals surface area contributed by atoms with Gasteiger partial charge in [0.15, 0.2) is 0 Å². The molecule has 0 aliphatic heterocycles. The van der Waals surface area contributed by atoms with E-state index in [1.807, 2.05) is 19.1 Å². The summed E-state index contributed by atoms with van der Waals surface area (Å²) in [4.78, 5) is 29.0. The topological polar surface area (TPSA) is 85.6 Å². The molecule has 0 aliphatic rings. The zero-order chi connectivity index (χ0) is 17.8. The lowest BCUT2D eigenvalue weighted by molar-refractivity contribution is -0.113. The van der Waals surface area contributed by atoms with Crippen molar-refractivity contribution in [3.05, 3.63) is 51.4 Å². The lowest BCUT2D eigenvalue weighted by atomic mass is 10.3. The maximum atomic E-state index is 12.1. The highest BCUT2D eigenvalue weighted by Gasteiger charge is 2.09. The fourth-order valence-corrected chi connectivity index (χ4v) is 3.69. The number of benzene rings is 1. The summed E-state index contributed by atoms with van der Waals surface area (Å²) < 4.78 is 6.50. The fourth-order valence-electron chi connectivity index (χ4n) is 2.21. The van der Waals surface area contributed by atoms with Gasteiger partial charge < -0.3 is 10.1 Å². The van der Waals surface area contributed by atoms with Gasteiger partial charge in [0.05, 0.1) is 24.2 Å². The van der Waals surface area contributed by atoms with Crippen LogP contribution in [0.1, 0.15) is 10.7 Å². The molecule has 0 saturated heterocycles. The van der Waals surface area contributed by atoms with Crippen LogP contribution >= 0.6 is 23.1 Å². The van der Waals surface area contributed by atoms with Crippen molar-refractivity contribution in [2.45, 2.75) is 12.7 Å². The summed E-state index contributed by atoms with van der Waals surface area (Å²) >= 11 is 2.76. The summed E-state index contributed by atoms with van der Waals surface area (Å²) in [6, 6.07) is 8.69. The first-order valence-electron chi connectivity index (χ1n) is 7.44. The zero-order valence-corrected chi connectivity index (χ0v) is 15.3. The summed E-state index contributed by atoms with van der Waals surface area (Å²) in [6.07, 6.45) is 0. The van der Waals surface area contributed by atoms with Crippen molar-refractivity contribution in [3.8, 4) is 5.75 Å². The quantitative estimate of drug-likeness (QED) is 0.711. The Morgan fingerprint density at radius 3 is 3.00 bits per heavy atom. The van der Waals surface area contributed by atoms with Crippen LogP contribution in [0.3, 0.4) is 0 Å². The number of anilines is 1. The zero-order valence-electron chi connectivity index (χ0n) is 13.7. The number of nitrogens with zero attached hydrogens (tertiary/aromatic N) is 3. The van der Waals surface area contributed by atoms with E-state index in [0.29, 0.717) is 27.8 Å². The van der Waals surface area contributed by atoms with Crippen molar-refractivity contribution in [1.82, 2.24) is 14.6 Å². The van der Waals surface area contributed by atoms with Crippen LogP contribution in [-0.2, 0) is 10.5 Å². The molecule has 7 nitrogen and oxygen atoms in total. The van der Waals surface area contributed by atoms with E-state index < -0.39 is 0 Å². The van der Waals surface area contributed by atoms with E-state index in [4.69, 9.17) is 4.74 Å². The first-order valence-corrected chi connectivity index (χ1v) is 9.41. The third kappa shape index (κ3) is 4.18. The molecule has 0 spiro atoms. The molecule has 0 radical (unpaired) electrons. The second kappa shape index (κ2) is 7.66. The van der Waals surface area contributed by atoms with Gasteiger partial charge in [-0.1, -0.05) is 23.5 Å². The van der Waals surface area contributed by atoms with Crippen molar-refractivity contribution in [1.29, 1.82) is 0 Å². The molecule has 0 atom stereocenters. The Balaban J connectivity index is 1.59. The number of ether oxygens (including phenoxy) is 1. The van der Waals surface area contributed by atoms with Gasteiger partial charge >= 0.3 is 0 Å². The summed E-state index contributed by atoms with van der Waals surface area (Å²) in [5.74, 6) is 1.20. The normalized spacial score (nSPS) is 10.8. The number of carbonyl (C=O) groups excluding carboxylic acids is 1. The molecule has 1 amide bonds. The van der Waals surface area contributed by atoms with Crippen LogP contribution in [0.2, 0.25) is 0 Å². The minimum atomic E-state index is -0.205. The van der Waals surface area contributed by atoms with Crippen LogP contribution in [0, 0.1) is 6.92 Å². The molecule has 25 heavy (non-hydrogen) atoms. The van der Waals surface area contributed by atoms with Crippen molar-refractivity contribution in [2.24, 2.45) is 0 Å². The molecule has 0 bridgehead atoms. The maximum Gasteiger partial charge on any atom is 0.275 e. The molecular weight excluding hydrogens is 360 g/mol. The van der Waals surface area contributed by atoms with Crippen molar-refractivity contribution >= 4 is 39.7 Å². The van der Waals surface area contributed by atoms with Gasteiger partial charge in [-0.25, -0.2) is 4.98 Å². The number of thioether (sulfide) groups is 1. The van der Waals surface area contributed by atoms with Crippen LogP contribution in [0.5, 0.6) is 5.75 Å². The van der Waals surface area contributed by atoms with E-state index in [9.17, 15) is 9.59 Å². The van der Waals surface area contributed by atoms with Gasteiger partial charge in [-0.05, 0) is 19.1 Å². The van der Waals surface area contributed by atoms with Gasteiger partial charge in [-0.2, -0.15) is 9.61 Å². The number of hydrogen-bond donors (Lipinski definition) is 1. The lowest BCUT2D eigenvalue weighted by Gasteiger charge is -2.09. The van der Waals surface area contributed by atoms with E-state index in [1.54, 1.807) is 19.2 Å². The number of rotatable bonds is 6. The van der Waals surface area contributed by atoms with Gasteiger partial charge in [0.1, 0.15) is 10.8 Å².